The maximum Gasteiger partial charge on any atom is 0.259 e. The highest BCUT2D eigenvalue weighted by atomic mass is 16.3. The van der Waals surface area contributed by atoms with Crippen LogP contribution in [0.1, 0.15) is 23.0 Å². The lowest BCUT2D eigenvalue weighted by Gasteiger charge is -2.06. The van der Waals surface area contributed by atoms with Crippen LogP contribution < -0.4 is 11.1 Å². The molecular weight excluding hydrogens is 218 g/mol. The molecule has 5 heteroatoms. The first kappa shape index (κ1) is 11.2. The molecule has 2 aromatic rings. The third-order valence-electron chi connectivity index (χ3n) is 2.41. The number of aryl methyl sites for hydroxylation is 1. The molecular formula is C12H13N3O2. The van der Waals surface area contributed by atoms with Gasteiger partial charge < -0.3 is 15.5 Å². The summed E-state index contributed by atoms with van der Waals surface area (Å²) in [6.45, 7) is 1.93. The molecule has 0 fully saturated rings. The highest BCUT2D eigenvalue weighted by Gasteiger charge is 2.14. The van der Waals surface area contributed by atoms with E-state index in [2.05, 4.69) is 10.3 Å². The third kappa shape index (κ3) is 2.28. The highest BCUT2D eigenvalue weighted by molar-refractivity contribution is 6.06. The van der Waals surface area contributed by atoms with Crippen molar-refractivity contribution in [3.05, 3.63) is 42.1 Å². The van der Waals surface area contributed by atoms with E-state index in [1.54, 1.807) is 18.3 Å². The van der Waals surface area contributed by atoms with Gasteiger partial charge in [0.15, 0.2) is 0 Å². The van der Waals surface area contributed by atoms with E-state index in [1.165, 1.54) is 12.5 Å². The van der Waals surface area contributed by atoms with Gasteiger partial charge >= 0.3 is 0 Å². The maximum absolute atomic E-state index is 12.0. The van der Waals surface area contributed by atoms with E-state index in [0.29, 0.717) is 29.1 Å². The fraction of sp³-hybridized carbons (Fsp3) is 0.167. The molecule has 0 saturated heterocycles. The number of pyridine rings is 1. The topological polar surface area (TPSA) is 81.2 Å². The monoisotopic (exact) mass is 231 g/mol. The predicted octanol–water partition coefficient (Wildman–Crippen LogP) is 2.07. The number of aromatic nitrogens is 1. The molecule has 3 N–H and O–H groups in total. The van der Waals surface area contributed by atoms with Crippen LogP contribution in [-0.4, -0.2) is 10.9 Å². The Morgan fingerprint density at radius 3 is 3.06 bits per heavy atom. The number of amides is 1. The van der Waals surface area contributed by atoms with E-state index in [4.69, 9.17) is 10.2 Å². The SMILES string of the molecule is CCc1occc1C(=O)Nc1ccncc1N. The van der Waals surface area contributed by atoms with Crippen LogP contribution in [0, 0.1) is 0 Å². The summed E-state index contributed by atoms with van der Waals surface area (Å²) in [5.74, 6) is 0.434. The lowest BCUT2D eigenvalue weighted by Crippen LogP contribution is -2.14. The van der Waals surface area contributed by atoms with Gasteiger partial charge in [-0.1, -0.05) is 6.92 Å². The Kier molecular flexibility index (Phi) is 3.09. The number of carbonyl (C=O) groups excluding carboxylic acids is 1. The average Bonchev–Trinajstić information content (AvgIpc) is 2.80. The quantitative estimate of drug-likeness (QED) is 0.847. The highest BCUT2D eigenvalue weighted by Crippen LogP contribution is 2.18. The second-order valence-corrected chi connectivity index (χ2v) is 3.53. The molecule has 0 radical (unpaired) electrons. The average molecular weight is 231 g/mol. The number of hydrogen-bond acceptors (Lipinski definition) is 4. The number of nitrogen functional groups attached to an aromatic ring is 1. The number of carbonyl (C=O) groups is 1. The van der Waals surface area contributed by atoms with Crippen molar-refractivity contribution in [2.75, 3.05) is 11.1 Å². The van der Waals surface area contributed by atoms with Gasteiger partial charge in [0.1, 0.15) is 5.76 Å². The van der Waals surface area contributed by atoms with Gasteiger partial charge in [-0.3, -0.25) is 9.78 Å². The lowest BCUT2D eigenvalue weighted by molar-refractivity contribution is 0.102. The first-order valence-electron chi connectivity index (χ1n) is 5.29. The Balaban J connectivity index is 2.20. The van der Waals surface area contributed by atoms with Crippen LogP contribution in [0.2, 0.25) is 0 Å². The van der Waals surface area contributed by atoms with E-state index >= 15 is 0 Å². The van der Waals surface area contributed by atoms with E-state index in [9.17, 15) is 4.79 Å². The van der Waals surface area contributed by atoms with E-state index in [-0.39, 0.29) is 5.91 Å². The molecule has 2 aromatic heterocycles. The molecule has 0 saturated carbocycles. The van der Waals surface area contributed by atoms with Crippen LogP contribution in [0.5, 0.6) is 0 Å². The van der Waals surface area contributed by atoms with Gasteiger partial charge in [0.05, 0.1) is 29.4 Å². The Bertz CT molecular complexity index is 534. The van der Waals surface area contributed by atoms with Crippen molar-refractivity contribution < 1.29 is 9.21 Å². The van der Waals surface area contributed by atoms with Crippen LogP contribution in [0.15, 0.2) is 35.2 Å². The molecule has 1 amide bonds. The summed E-state index contributed by atoms with van der Waals surface area (Å²) in [4.78, 5) is 15.8. The fourth-order valence-corrected chi connectivity index (χ4v) is 1.53. The Labute approximate surface area is 98.6 Å². The van der Waals surface area contributed by atoms with Crippen molar-refractivity contribution >= 4 is 17.3 Å². The summed E-state index contributed by atoms with van der Waals surface area (Å²) in [6.07, 6.45) is 5.24. The Morgan fingerprint density at radius 2 is 2.35 bits per heavy atom. The zero-order valence-electron chi connectivity index (χ0n) is 9.43. The molecule has 0 aliphatic heterocycles. The zero-order valence-corrected chi connectivity index (χ0v) is 9.43. The van der Waals surface area contributed by atoms with Gasteiger partial charge in [0.25, 0.3) is 5.91 Å². The van der Waals surface area contributed by atoms with Crippen LogP contribution in [0.4, 0.5) is 11.4 Å². The molecule has 2 heterocycles. The van der Waals surface area contributed by atoms with Crippen molar-refractivity contribution in [3.8, 4) is 0 Å². The minimum Gasteiger partial charge on any atom is -0.469 e. The molecule has 17 heavy (non-hydrogen) atoms. The largest absolute Gasteiger partial charge is 0.469 e. The van der Waals surface area contributed by atoms with Crippen molar-refractivity contribution in [2.45, 2.75) is 13.3 Å². The molecule has 0 spiro atoms. The first-order valence-corrected chi connectivity index (χ1v) is 5.29. The van der Waals surface area contributed by atoms with Crippen LogP contribution in [-0.2, 0) is 6.42 Å². The summed E-state index contributed by atoms with van der Waals surface area (Å²) < 4.78 is 5.20. The van der Waals surface area contributed by atoms with Crippen LogP contribution in [0.25, 0.3) is 0 Å². The van der Waals surface area contributed by atoms with Crippen molar-refractivity contribution in [3.63, 3.8) is 0 Å². The predicted molar refractivity (Wildman–Crippen MR) is 64.7 cm³/mol. The summed E-state index contributed by atoms with van der Waals surface area (Å²) in [6, 6.07) is 3.30. The number of anilines is 2. The normalized spacial score (nSPS) is 10.2. The number of nitrogens with one attached hydrogen (secondary N) is 1. The Morgan fingerprint density at radius 1 is 1.53 bits per heavy atom. The van der Waals surface area contributed by atoms with Gasteiger partial charge in [-0.05, 0) is 12.1 Å². The van der Waals surface area contributed by atoms with E-state index < -0.39 is 0 Å². The summed E-state index contributed by atoms with van der Waals surface area (Å²) in [5.41, 5.74) is 7.21. The number of furan rings is 1. The van der Waals surface area contributed by atoms with E-state index in [1.807, 2.05) is 6.92 Å². The summed E-state index contributed by atoms with van der Waals surface area (Å²) in [7, 11) is 0. The van der Waals surface area contributed by atoms with Crippen molar-refractivity contribution in [1.82, 2.24) is 4.98 Å². The molecule has 0 aliphatic carbocycles. The lowest BCUT2D eigenvalue weighted by atomic mass is 10.2. The smallest absolute Gasteiger partial charge is 0.259 e. The number of rotatable bonds is 3. The first-order chi connectivity index (χ1) is 8.22. The van der Waals surface area contributed by atoms with Gasteiger partial charge in [0, 0.05) is 12.6 Å². The summed E-state index contributed by atoms with van der Waals surface area (Å²) >= 11 is 0. The Hall–Kier alpha value is -2.30. The number of nitrogens with zero attached hydrogens (tertiary/aromatic N) is 1. The molecule has 0 bridgehead atoms. The zero-order chi connectivity index (χ0) is 12.3. The van der Waals surface area contributed by atoms with Crippen LogP contribution >= 0.6 is 0 Å². The van der Waals surface area contributed by atoms with Crippen molar-refractivity contribution in [2.24, 2.45) is 0 Å². The van der Waals surface area contributed by atoms with Crippen molar-refractivity contribution in [1.29, 1.82) is 0 Å². The van der Waals surface area contributed by atoms with Gasteiger partial charge in [-0.25, -0.2) is 0 Å². The number of nitrogens with two attached hydrogens (primary N) is 1. The van der Waals surface area contributed by atoms with Gasteiger partial charge in [0.2, 0.25) is 0 Å². The van der Waals surface area contributed by atoms with Gasteiger partial charge in [-0.15, -0.1) is 0 Å². The molecule has 2 rings (SSSR count). The molecule has 5 nitrogen and oxygen atoms in total. The van der Waals surface area contributed by atoms with Crippen LogP contribution in [0.3, 0.4) is 0 Å². The molecule has 0 aromatic carbocycles. The summed E-state index contributed by atoms with van der Waals surface area (Å²) in [5, 5.41) is 2.72. The second kappa shape index (κ2) is 4.69. The standard InChI is InChI=1S/C12H13N3O2/c1-2-11-8(4-6-17-11)12(16)15-10-3-5-14-7-9(10)13/h3-7H,2,13H2,1H3,(H,14,15,16). The molecule has 0 unspecified atom stereocenters. The minimum absolute atomic E-state index is 0.228. The molecule has 88 valence electrons. The minimum atomic E-state index is -0.228. The molecule has 0 aliphatic rings. The maximum atomic E-state index is 12.0. The van der Waals surface area contributed by atoms with Gasteiger partial charge in [-0.2, -0.15) is 0 Å². The van der Waals surface area contributed by atoms with E-state index in [0.717, 1.165) is 0 Å². The second-order valence-electron chi connectivity index (χ2n) is 3.53. The number of hydrogen-bond donors (Lipinski definition) is 2. The molecule has 0 atom stereocenters. The third-order valence-corrected chi connectivity index (χ3v) is 2.41. The fourth-order valence-electron chi connectivity index (χ4n) is 1.53.